The summed E-state index contributed by atoms with van der Waals surface area (Å²) in [4.78, 5) is 25.2. The first-order valence-electron chi connectivity index (χ1n) is 15.8. The van der Waals surface area contributed by atoms with Crippen LogP contribution in [0.25, 0.3) is 0 Å². The highest BCUT2D eigenvalue weighted by molar-refractivity contribution is 5.79. The van der Waals surface area contributed by atoms with Gasteiger partial charge in [-0.25, -0.2) is 0 Å². The van der Waals surface area contributed by atoms with Crippen molar-refractivity contribution in [3.63, 3.8) is 0 Å². The number of carbonyl (C=O) groups excluding carboxylic acids is 2. The minimum Gasteiger partial charge on any atom is -0.393 e. The Hall–Kier alpha value is -1.18. The van der Waals surface area contributed by atoms with Crippen molar-refractivity contribution < 1.29 is 24.9 Å². The van der Waals surface area contributed by atoms with Crippen LogP contribution in [-0.4, -0.2) is 58.5 Å². The van der Waals surface area contributed by atoms with Crippen LogP contribution >= 0.6 is 0 Å². The molecule has 38 heavy (non-hydrogen) atoms. The summed E-state index contributed by atoms with van der Waals surface area (Å²) in [6.07, 6.45) is 17.7. The Bertz CT molecular complexity index is 522. The molecule has 0 aliphatic carbocycles. The van der Waals surface area contributed by atoms with E-state index in [4.69, 9.17) is 0 Å². The maximum atomic E-state index is 12.6. The molecule has 0 rings (SSSR count). The number of carbonyl (C=O) groups is 2. The van der Waals surface area contributed by atoms with E-state index < -0.39 is 30.1 Å². The number of amides is 2. The Labute approximate surface area is 233 Å². The van der Waals surface area contributed by atoms with E-state index in [9.17, 15) is 24.9 Å². The molecule has 0 aromatic heterocycles. The van der Waals surface area contributed by atoms with E-state index >= 15 is 0 Å². The monoisotopic (exact) mass is 542 g/mol. The van der Waals surface area contributed by atoms with Crippen molar-refractivity contribution in [3.8, 4) is 0 Å². The molecule has 2 amide bonds. The van der Waals surface area contributed by atoms with Crippen LogP contribution in [0.15, 0.2) is 0 Å². The van der Waals surface area contributed by atoms with E-state index in [0.29, 0.717) is 12.8 Å². The predicted octanol–water partition coefficient (Wildman–Crippen LogP) is 5.64. The van der Waals surface area contributed by atoms with Crippen molar-refractivity contribution in [3.05, 3.63) is 0 Å². The summed E-state index contributed by atoms with van der Waals surface area (Å²) < 4.78 is 0. The number of nitrogens with one attached hydrogen (secondary N) is 2. The van der Waals surface area contributed by atoms with Gasteiger partial charge in [0.1, 0.15) is 0 Å². The second-order valence-corrected chi connectivity index (χ2v) is 11.4. The van der Waals surface area contributed by atoms with Gasteiger partial charge in [0.25, 0.3) is 0 Å². The molecule has 0 radical (unpaired) electrons. The number of unbranched alkanes of at least 4 members (excludes halogenated alkanes) is 14. The van der Waals surface area contributed by atoms with Gasteiger partial charge in [-0.3, -0.25) is 9.59 Å². The zero-order valence-electron chi connectivity index (χ0n) is 25.2. The molecule has 0 aromatic carbocycles. The normalized spacial score (nSPS) is 15.4. The Kier molecular flexibility index (Phi) is 24.1. The number of hydrogen-bond donors (Lipinski definition) is 5. The molecular formula is C31H62N2O5. The first-order chi connectivity index (χ1) is 18.2. The van der Waals surface area contributed by atoms with Gasteiger partial charge in [0.2, 0.25) is 11.8 Å². The minimum atomic E-state index is -0.932. The van der Waals surface area contributed by atoms with Crippen molar-refractivity contribution >= 4 is 11.8 Å². The van der Waals surface area contributed by atoms with Crippen LogP contribution in [0.3, 0.4) is 0 Å². The second kappa shape index (κ2) is 24.8. The molecule has 7 heteroatoms. The van der Waals surface area contributed by atoms with Gasteiger partial charge in [0.15, 0.2) is 0 Å². The van der Waals surface area contributed by atoms with Crippen LogP contribution in [0, 0.1) is 11.8 Å². The smallest absolute Gasteiger partial charge is 0.225 e. The van der Waals surface area contributed by atoms with E-state index in [0.717, 1.165) is 38.5 Å². The maximum Gasteiger partial charge on any atom is 0.225 e. The number of aliphatic hydroxyl groups excluding tert-OH is 3. The third kappa shape index (κ3) is 19.8. The van der Waals surface area contributed by atoms with Gasteiger partial charge in [0, 0.05) is 13.1 Å². The average molecular weight is 543 g/mol. The lowest BCUT2D eigenvalue weighted by atomic mass is 9.94. The fraction of sp³-hybridized carbons (Fsp3) is 0.935. The van der Waals surface area contributed by atoms with E-state index in [1.54, 1.807) is 13.8 Å². The molecule has 4 atom stereocenters. The molecular weight excluding hydrogens is 480 g/mol. The molecule has 7 nitrogen and oxygen atoms in total. The summed E-state index contributed by atoms with van der Waals surface area (Å²) in [7, 11) is 0. The van der Waals surface area contributed by atoms with E-state index in [-0.39, 0.29) is 24.9 Å². The van der Waals surface area contributed by atoms with E-state index in [2.05, 4.69) is 24.5 Å². The van der Waals surface area contributed by atoms with Crippen LogP contribution in [0.5, 0.6) is 0 Å². The van der Waals surface area contributed by atoms with Gasteiger partial charge in [-0.15, -0.1) is 0 Å². The second-order valence-electron chi connectivity index (χ2n) is 11.4. The molecule has 0 bridgehead atoms. The first-order valence-corrected chi connectivity index (χ1v) is 15.8. The highest BCUT2D eigenvalue weighted by Gasteiger charge is 2.25. The molecule has 226 valence electrons. The van der Waals surface area contributed by atoms with Crippen molar-refractivity contribution in [2.45, 2.75) is 162 Å². The van der Waals surface area contributed by atoms with Crippen LogP contribution in [0.2, 0.25) is 0 Å². The maximum absolute atomic E-state index is 12.6. The molecule has 0 heterocycles. The topological polar surface area (TPSA) is 119 Å². The van der Waals surface area contributed by atoms with Crippen LogP contribution < -0.4 is 10.6 Å². The Balaban J connectivity index is 4.22. The average Bonchev–Trinajstić information content (AvgIpc) is 2.88. The van der Waals surface area contributed by atoms with Gasteiger partial charge >= 0.3 is 0 Å². The third-order valence-electron chi connectivity index (χ3n) is 7.60. The lowest BCUT2D eigenvalue weighted by Crippen LogP contribution is -2.45. The largest absolute Gasteiger partial charge is 0.393 e. The molecule has 0 spiro atoms. The quantitative estimate of drug-likeness (QED) is 0.0907. The van der Waals surface area contributed by atoms with Crippen molar-refractivity contribution in [2.24, 2.45) is 11.8 Å². The SMILES string of the molecule is CCCCCCCCCCC(C(=O)NCC(O)CNC(=O)C(CCCCCCCCCC)C(C)O)C(C)O. The fourth-order valence-electron chi connectivity index (χ4n) is 4.95. The molecule has 4 unspecified atom stereocenters. The van der Waals surface area contributed by atoms with Crippen LogP contribution in [0.1, 0.15) is 143 Å². The third-order valence-corrected chi connectivity index (χ3v) is 7.60. The Morgan fingerprint density at radius 3 is 1.11 bits per heavy atom. The zero-order valence-corrected chi connectivity index (χ0v) is 25.2. The predicted molar refractivity (Wildman–Crippen MR) is 157 cm³/mol. The van der Waals surface area contributed by atoms with Gasteiger partial charge in [0.05, 0.1) is 30.1 Å². The highest BCUT2D eigenvalue weighted by atomic mass is 16.3. The lowest BCUT2D eigenvalue weighted by molar-refractivity contribution is -0.129. The van der Waals surface area contributed by atoms with Gasteiger partial charge in [-0.2, -0.15) is 0 Å². The van der Waals surface area contributed by atoms with E-state index in [1.165, 1.54) is 64.2 Å². The summed E-state index contributed by atoms with van der Waals surface area (Å²) in [5.41, 5.74) is 0. The summed E-state index contributed by atoms with van der Waals surface area (Å²) in [6, 6.07) is 0. The highest BCUT2D eigenvalue weighted by Crippen LogP contribution is 2.18. The number of rotatable bonds is 26. The molecule has 0 aliphatic heterocycles. The molecule has 0 aliphatic rings. The zero-order chi connectivity index (χ0) is 28.6. The molecule has 0 saturated heterocycles. The lowest BCUT2D eigenvalue weighted by Gasteiger charge is -2.22. The van der Waals surface area contributed by atoms with Crippen molar-refractivity contribution in [2.75, 3.05) is 13.1 Å². The van der Waals surface area contributed by atoms with Crippen molar-refractivity contribution in [1.82, 2.24) is 10.6 Å². The molecule has 0 aromatic rings. The van der Waals surface area contributed by atoms with E-state index in [1.807, 2.05) is 0 Å². The van der Waals surface area contributed by atoms with Gasteiger partial charge in [-0.05, 0) is 26.7 Å². The summed E-state index contributed by atoms with van der Waals surface area (Å²) in [5.74, 6) is -1.51. The summed E-state index contributed by atoms with van der Waals surface area (Å²) in [6.45, 7) is 7.71. The first kappa shape index (κ1) is 36.8. The number of hydrogen-bond acceptors (Lipinski definition) is 5. The molecule has 0 fully saturated rings. The fourth-order valence-corrected chi connectivity index (χ4v) is 4.95. The summed E-state index contributed by atoms with van der Waals surface area (Å²) in [5, 5.41) is 35.9. The summed E-state index contributed by atoms with van der Waals surface area (Å²) >= 11 is 0. The van der Waals surface area contributed by atoms with Crippen molar-refractivity contribution in [1.29, 1.82) is 0 Å². The minimum absolute atomic E-state index is 0.0110. The number of aliphatic hydroxyl groups is 3. The Morgan fingerprint density at radius 2 is 0.816 bits per heavy atom. The molecule has 5 N–H and O–H groups in total. The van der Waals surface area contributed by atoms with Gasteiger partial charge < -0.3 is 26.0 Å². The van der Waals surface area contributed by atoms with Crippen LogP contribution in [-0.2, 0) is 9.59 Å². The van der Waals surface area contributed by atoms with Gasteiger partial charge in [-0.1, -0.05) is 117 Å². The van der Waals surface area contributed by atoms with Crippen LogP contribution in [0.4, 0.5) is 0 Å². The standard InChI is InChI=1S/C31H62N2O5/c1-5-7-9-11-13-15-17-19-21-28(25(3)34)30(37)32-23-27(36)24-33-31(38)29(26(4)35)22-20-18-16-14-12-10-8-6-2/h25-29,34-36H,5-24H2,1-4H3,(H,32,37)(H,33,38). The Morgan fingerprint density at radius 1 is 0.526 bits per heavy atom. The molecule has 0 saturated carbocycles.